The van der Waals surface area contributed by atoms with Gasteiger partial charge in [0.15, 0.2) is 5.78 Å². The molecule has 0 aromatic rings. The fraction of sp³-hybridized carbons (Fsp3) is 0.909. The van der Waals surface area contributed by atoms with Gasteiger partial charge in [0.25, 0.3) is 0 Å². The first-order chi connectivity index (χ1) is 6.77. The summed E-state index contributed by atoms with van der Waals surface area (Å²) in [6.07, 6.45) is 4.63. The van der Waals surface area contributed by atoms with Gasteiger partial charge in [-0.3, -0.25) is 4.79 Å². The van der Waals surface area contributed by atoms with E-state index in [1.807, 2.05) is 0 Å². The molecule has 1 aliphatic heterocycles. The molecular weight excluding hydrogens is 180 g/mol. The third kappa shape index (κ3) is 1.98. The molecule has 0 bridgehead atoms. The highest BCUT2D eigenvalue weighted by molar-refractivity contribution is 5.87. The van der Waals surface area contributed by atoms with Crippen LogP contribution in [-0.4, -0.2) is 31.7 Å². The Morgan fingerprint density at radius 1 is 1.43 bits per heavy atom. The molecule has 1 saturated heterocycles. The highest BCUT2D eigenvalue weighted by atomic mass is 16.5. The van der Waals surface area contributed by atoms with Gasteiger partial charge in [-0.05, 0) is 18.8 Å². The first-order valence-electron chi connectivity index (χ1n) is 5.43. The fourth-order valence-corrected chi connectivity index (χ4v) is 2.07. The molecule has 0 atom stereocenters. The van der Waals surface area contributed by atoms with Crippen LogP contribution in [0.15, 0.2) is 0 Å². The van der Waals surface area contributed by atoms with E-state index in [0.717, 1.165) is 12.8 Å². The molecule has 0 aromatic heterocycles. The van der Waals surface area contributed by atoms with Crippen LogP contribution in [0.1, 0.15) is 32.1 Å². The van der Waals surface area contributed by atoms with Gasteiger partial charge in [-0.15, -0.1) is 0 Å². The SMILES string of the molecule is COC1(C(=O)CC2CC2)CCOCC1. The molecule has 1 aliphatic carbocycles. The van der Waals surface area contributed by atoms with Gasteiger partial charge in [-0.25, -0.2) is 0 Å². The molecule has 3 nitrogen and oxygen atoms in total. The number of Topliss-reactive ketones (excluding diaryl/α,β-unsaturated/α-hetero) is 1. The zero-order chi connectivity index (χ0) is 10.0. The smallest absolute Gasteiger partial charge is 0.165 e. The third-order valence-corrected chi connectivity index (χ3v) is 3.37. The second-order valence-corrected chi connectivity index (χ2v) is 4.38. The zero-order valence-electron chi connectivity index (χ0n) is 8.75. The molecule has 0 amide bonds. The van der Waals surface area contributed by atoms with Gasteiger partial charge in [0.05, 0.1) is 0 Å². The topological polar surface area (TPSA) is 35.5 Å². The van der Waals surface area contributed by atoms with Crippen LogP contribution in [0.4, 0.5) is 0 Å². The van der Waals surface area contributed by atoms with Crippen molar-refractivity contribution in [1.29, 1.82) is 0 Å². The van der Waals surface area contributed by atoms with Crippen molar-refractivity contribution in [1.82, 2.24) is 0 Å². The number of carbonyl (C=O) groups is 1. The number of hydrogen-bond donors (Lipinski definition) is 0. The molecule has 1 saturated carbocycles. The van der Waals surface area contributed by atoms with E-state index in [0.29, 0.717) is 31.3 Å². The van der Waals surface area contributed by atoms with Crippen molar-refractivity contribution in [2.45, 2.75) is 37.7 Å². The molecule has 0 aromatic carbocycles. The molecule has 2 rings (SSSR count). The van der Waals surface area contributed by atoms with Crippen LogP contribution in [0.25, 0.3) is 0 Å². The maximum Gasteiger partial charge on any atom is 0.165 e. The summed E-state index contributed by atoms with van der Waals surface area (Å²) >= 11 is 0. The second-order valence-electron chi connectivity index (χ2n) is 4.38. The minimum absolute atomic E-state index is 0.297. The molecule has 80 valence electrons. The number of methoxy groups -OCH3 is 1. The van der Waals surface area contributed by atoms with Crippen LogP contribution < -0.4 is 0 Å². The summed E-state index contributed by atoms with van der Waals surface area (Å²) in [6.45, 7) is 1.31. The van der Waals surface area contributed by atoms with E-state index in [1.54, 1.807) is 7.11 Å². The van der Waals surface area contributed by atoms with Crippen LogP contribution in [0.3, 0.4) is 0 Å². The van der Waals surface area contributed by atoms with Crippen molar-refractivity contribution in [2.24, 2.45) is 5.92 Å². The molecule has 2 fully saturated rings. The van der Waals surface area contributed by atoms with Crippen LogP contribution in [0.2, 0.25) is 0 Å². The van der Waals surface area contributed by atoms with Crippen molar-refractivity contribution in [2.75, 3.05) is 20.3 Å². The zero-order valence-corrected chi connectivity index (χ0v) is 8.75. The molecule has 3 heteroatoms. The van der Waals surface area contributed by atoms with Crippen molar-refractivity contribution < 1.29 is 14.3 Å². The molecule has 0 radical (unpaired) electrons. The normalized spacial score (nSPS) is 26.1. The van der Waals surface area contributed by atoms with E-state index >= 15 is 0 Å². The lowest BCUT2D eigenvalue weighted by Crippen LogP contribution is -2.45. The summed E-state index contributed by atoms with van der Waals surface area (Å²) in [5.74, 6) is 0.947. The Hall–Kier alpha value is -0.410. The largest absolute Gasteiger partial charge is 0.381 e. The quantitative estimate of drug-likeness (QED) is 0.687. The number of hydrogen-bond acceptors (Lipinski definition) is 3. The lowest BCUT2D eigenvalue weighted by molar-refractivity contribution is -0.153. The summed E-state index contributed by atoms with van der Waals surface area (Å²) < 4.78 is 10.7. The van der Waals surface area contributed by atoms with Gasteiger partial charge in [0.1, 0.15) is 5.60 Å². The minimum Gasteiger partial charge on any atom is -0.381 e. The van der Waals surface area contributed by atoms with Crippen LogP contribution in [0, 0.1) is 5.92 Å². The van der Waals surface area contributed by atoms with Crippen molar-refractivity contribution in [3.05, 3.63) is 0 Å². The van der Waals surface area contributed by atoms with Gasteiger partial charge in [-0.1, -0.05) is 0 Å². The van der Waals surface area contributed by atoms with Gasteiger partial charge >= 0.3 is 0 Å². The van der Waals surface area contributed by atoms with E-state index < -0.39 is 5.60 Å². The second kappa shape index (κ2) is 3.99. The van der Waals surface area contributed by atoms with Crippen LogP contribution in [0.5, 0.6) is 0 Å². The van der Waals surface area contributed by atoms with Gasteiger partial charge in [0, 0.05) is 39.6 Å². The van der Waals surface area contributed by atoms with E-state index in [9.17, 15) is 4.79 Å². The fourth-order valence-electron chi connectivity index (χ4n) is 2.07. The average molecular weight is 198 g/mol. The summed E-state index contributed by atoms with van der Waals surface area (Å²) in [7, 11) is 1.65. The first-order valence-corrected chi connectivity index (χ1v) is 5.43. The molecular formula is C11H18O3. The first kappa shape index (κ1) is 10.1. The summed E-state index contributed by atoms with van der Waals surface area (Å²) in [5, 5.41) is 0. The van der Waals surface area contributed by atoms with E-state index in [1.165, 1.54) is 12.8 Å². The molecule has 14 heavy (non-hydrogen) atoms. The maximum absolute atomic E-state index is 12.0. The summed E-state index contributed by atoms with van der Waals surface area (Å²) in [6, 6.07) is 0. The van der Waals surface area contributed by atoms with Gasteiger partial charge in [0.2, 0.25) is 0 Å². The van der Waals surface area contributed by atoms with Crippen LogP contribution in [-0.2, 0) is 14.3 Å². The summed E-state index contributed by atoms with van der Waals surface area (Å²) in [4.78, 5) is 12.0. The average Bonchev–Trinajstić information content (AvgIpc) is 3.02. The third-order valence-electron chi connectivity index (χ3n) is 3.37. The monoisotopic (exact) mass is 198 g/mol. The predicted molar refractivity (Wildman–Crippen MR) is 52.1 cm³/mol. The molecule has 0 unspecified atom stereocenters. The van der Waals surface area contributed by atoms with Crippen molar-refractivity contribution >= 4 is 5.78 Å². The van der Waals surface area contributed by atoms with E-state index in [2.05, 4.69) is 0 Å². The Balaban J connectivity index is 1.97. The highest BCUT2D eigenvalue weighted by Crippen LogP contribution is 2.36. The molecule has 1 heterocycles. The van der Waals surface area contributed by atoms with Gasteiger partial charge in [-0.2, -0.15) is 0 Å². The number of carbonyl (C=O) groups excluding carboxylic acids is 1. The minimum atomic E-state index is -0.513. The number of ketones is 1. The maximum atomic E-state index is 12.0. The van der Waals surface area contributed by atoms with Gasteiger partial charge < -0.3 is 9.47 Å². The van der Waals surface area contributed by atoms with E-state index in [-0.39, 0.29) is 0 Å². The van der Waals surface area contributed by atoms with Crippen molar-refractivity contribution in [3.63, 3.8) is 0 Å². The standard InChI is InChI=1S/C11H18O3/c1-13-11(4-6-14-7-5-11)10(12)8-9-2-3-9/h9H,2-8H2,1H3. The molecule has 0 spiro atoms. The predicted octanol–water partition coefficient (Wildman–Crippen LogP) is 1.55. The van der Waals surface area contributed by atoms with Crippen LogP contribution >= 0.6 is 0 Å². The Morgan fingerprint density at radius 3 is 2.57 bits per heavy atom. The lowest BCUT2D eigenvalue weighted by atomic mass is 9.87. The molecule has 2 aliphatic rings. The van der Waals surface area contributed by atoms with E-state index in [4.69, 9.17) is 9.47 Å². The Labute approximate surface area is 84.8 Å². The summed E-state index contributed by atoms with van der Waals surface area (Å²) in [5.41, 5.74) is -0.513. The lowest BCUT2D eigenvalue weighted by Gasteiger charge is -2.34. The Morgan fingerprint density at radius 2 is 2.07 bits per heavy atom. The Kier molecular flexibility index (Phi) is 2.88. The number of ether oxygens (including phenoxy) is 2. The highest BCUT2D eigenvalue weighted by Gasteiger charge is 2.41. The number of rotatable bonds is 4. The molecule has 0 N–H and O–H groups in total. The van der Waals surface area contributed by atoms with Crippen molar-refractivity contribution in [3.8, 4) is 0 Å². The Bertz CT molecular complexity index is 215.